The van der Waals surface area contributed by atoms with Crippen LogP contribution in [0.5, 0.6) is 5.75 Å². The van der Waals surface area contributed by atoms with Crippen LogP contribution < -0.4 is 15.4 Å². The Morgan fingerprint density at radius 3 is 2.63 bits per heavy atom. The smallest absolute Gasteiger partial charge is 0.190 e. The van der Waals surface area contributed by atoms with Crippen LogP contribution in [0, 0.1) is 12.8 Å². The van der Waals surface area contributed by atoms with Gasteiger partial charge in [0.2, 0.25) is 0 Å². The lowest BCUT2D eigenvalue weighted by atomic mass is 9.97. The van der Waals surface area contributed by atoms with E-state index < -0.39 is 0 Å². The molecule has 1 saturated heterocycles. The molecule has 2 rings (SSSR count). The summed E-state index contributed by atoms with van der Waals surface area (Å²) in [6.07, 6.45) is 4.78. The molecule has 0 aromatic heterocycles. The molecule has 27 heavy (non-hydrogen) atoms. The number of aryl methyl sites for hydroxylation is 1. The van der Waals surface area contributed by atoms with E-state index in [4.69, 9.17) is 4.74 Å². The number of guanidine groups is 1. The highest BCUT2D eigenvalue weighted by Crippen LogP contribution is 2.19. The van der Waals surface area contributed by atoms with E-state index in [1.165, 1.54) is 50.0 Å². The van der Waals surface area contributed by atoms with Crippen LogP contribution in [0.4, 0.5) is 0 Å². The highest BCUT2D eigenvalue weighted by Gasteiger charge is 2.18. The highest BCUT2D eigenvalue weighted by molar-refractivity contribution is 14.0. The van der Waals surface area contributed by atoms with Crippen molar-refractivity contribution in [2.45, 2.75) is 39.5 Å². The minimum atomic E-state index is 0. The molecule has 1 fully saturated rings. The van der Waals surface area contributed by atoms with Gasteiger partial charge in [-0.2, -0.15) is 0 Å². The monoisotopic (exact) mass is 488 g/mol. The first-order chi connectivity index (χ1) is 12.7. The first-order valence-corrected chi connectivity index (χ1v) is 9.96. The predicted molar refractivity (Wildman–Crippen MR) is 126 cm³/mol. The molecule has 0 aliphatic carbocycles. The van der Waals surface area contributed by atoms with Crippen molar-refractivity contribution in [3.05, 3.63) is 29.3 Å². The van der Waals surface area contributed by atoms with Crippen molar-refractivity contribution in [2.24, 2.45) is 10.9 Å². The lowest BCUT2D eigenvalue weighted by Crippen LogP contribution is -2.43. The number of likely N-dealkylation sites (tertiary alicyclic amines) is 1. The lowest BCUT2D eigenvalue weighted by molar-refractivity contribution is 0.185. The van der Waals surface area contributed by atoms with Gasteiger partial charge in [0, 0.05) is 20.1 Å². The van der Waals surface area contributed by atoms with Gasteiger partial charge in [0.1, 0.15) is 5.75 Å². The summed E-state index contributed by atoms with van der Waals surface area (Å²) >= 11 is 0. The standard InChI is InChI=1S/C21H36N4O.HI/c1-5-12-25-13-9-19(10-14-25)16-24-21(22-3)23-11-8-18-7-6-17(2)20(15-18)26-4;/h6-7,15,19H,5,8-14,16H2,1-4H3,(H2,22,23,24);1H. The molecular formula is C21H37IN4O. The number of piperidine rings is 1. The zero-order valence-corrected chi connectivity index (χ0v) is 19.7. The third kappa shape index (κ3) is 8.25. The Morgan fingerprint density at radius 2 is 2.00 bits per heavy atom. The SMILES string of the molecule is CCCN1CCC(CNC(=NC)NCCc2ccc(C)c(OC)c2)CC1.I. The van der Waals surface area contributed by atoms with E-state index in [1.54, 1.807) is 7.11 Å². The number of methoxy groups -OCH3 is 1. The van der Waals surface area contributed by atoms with Crippen LogP contribution >= 0.6 is 24.0 Å². The van der Waals surface area contributed by atoms with Crippen molar-refractivity contribution < 1.29 is 4.74 Å². The first-order valence-electron chi connectivity index (χ1n) is 9.96. The van der Waals surface area contributed by atoms with E-state index >= 15 is 0 Å². The van der Waals surface area contributed by atoms with Crippen molar-refractivity contribution in [1.29, 1.82) is 0 Å². The molecule has 0 unspecified atom stereocenters. The molecule has 5 nitrogen and oxygen atoms in total. The maximum absolute atomic E-state index is 5.40. The van der Waals surface area contributed by atoms with Gasteiger partial charge in [-0.05, 0) is 75.4 Å². The van der Waals surface area contributed by atoms with Crippen LogP contribution in [0.2, 0.25) is 0 Å². The molecule has 1 aromatic rings. The molecule has 2 N–H and O–H groups in total. The fourth-order valence-electron chi connectivity index (χ4n) is 3.54. The van der Waals surface area contributed by atoms with Crippen LogP contribution in [0.25, 0.3) is 0 Å². The number of ether oxygens (including phenoxy) is 1. The number of aliphatic imine (C=N–C) groups is 1. The van der Waals surface area contributed by atoms with Crippen LogP contribution in [0.15, 0.2) is 23.2 Å². The van der Waals surface area contributed by atoms with Crippen LogP contribution in [-0.2, 0) is 6.42 Å². The van der Waals surface area contributed by atoms with E-state index in [2.05, 4.69) is 52.6 Å². The Bertz CT molecular complexity index is 571. The van der Waals surface area contributed by atoms with E-state index in [0.29, 0.717) is 0 Å². The van der Waals surface area contributed by atoms with Gasteiger partial charge in [-0.1, -0.05) is 19.1 Å². The summed E-state index contributed by atoms with van der Waals surface area (Å²) in [6.45, 7) is 9.92. The molecule has 0 radical (unpaired) electrons. The zero-order chi connectivity index (χ0) is 18.8. The molecule has 1 heterocycles. The minimum Gasteiger partial charge on any atom is -0.496 e. The van der Waals surface area contributed by atoms with Gasteiger partial charge in [0.15, 0.2) is 5.96 Å². The summed E-state index contributed by atoms with van der Waals surface area (Å²) in [5.74, 6) is 2.61. The van der Waals surface area contributed by atoms with Gasteiger partial charge >= 0.3 is 0 Å². The maximum atomic E-state index is 5.40. The summed E-state index contributed by atoms with van der Waals surface area (Å²) in [6, 6.07) is 6.41. The second-order valence-corrected chi connectivity index (χ2v) is 7.22. The van der Waals surface area contributed by atoms with E-state index in [0.717, 1.165) is 37.1 Å². The van der Waals surface area contributed by atoms with Gasteiger partial charge in [-0.15, -0.1) is 24.0 Å². The molecule has 1 aromatic carbocycles. The summed E-state index contributed by atoms with van der Waals surface area (Å²) in [5.41, 5.74) is 2.45. The Morgan fingerprint density at radius 1 is 1.26 bits per heavy atom. The molecule has 154 valence electrons. The average Bonchev–Trinajstić information content (AvgIpc) is 2.67. The highest BCUT2D eigenvalue weighted by atomic mass is 127. The summed E-state index contributed by atoms with van der Waals surface area (Å²) in [4.78, 5) is 6.94. The number of hydrogen-bond donors (Lipinski definition) is 2. The third-order valence-corrected chi connectivity index (χ3v) is 5.21. The Labute approximate surface area is 182 Å². The fraction of sp³-hybridized carbons (Fsp3) is 0.667. The third-order valence-electron chi connectivity index (χ3n) is 5.21. The fourth-order valence-corrected chi connectivity index (χ4v) is 3.54. The number of rotatable bonds is 8. The molecule has 0 atom stereocenters. The molecule has 0 bridgehead atoms. The Kier molecular flexibility index (Phi) is 11.7. The molecule has 0 saturated carbocycles. The summed E-state index contributed by atoms with van der Waals surface area (Å²) in [5, 5.41) is 6.93. The van der Waals surface area contributed by atoms with Crippen molar-refractivity contribution in [1.82, 2.24) is 15.5 Å². The molecule has 6 heteroatoms. The number of benzene rings is 1. The molecule has 1 aliphatic rings. The van der Waals surface area contributed by atoms with Gasteiger partial charge in [0.25, 0.3) is 0 Å². The number of halogens is 1. The van der Waals surface area contributed by atoms with E-state index in [-0.39, 0.29) is 24.0 Å². The second kappa shape index (κ2) is 13.2. The van der Waals surface area contributed by atoms with Crippen LogP contribution in [-0.4, -0.2) is 57.7 Å². The van der Waals surface area contributed by atoms with Crippen LogP contribution in [0.1, 0.15) is 37.3 Å². The second-order valence-electron chi connectivity index (χ2n) is 7.22. The summed E-state index contributed by atoms with van der Waals surface area (Å²) < 4.78 is 5.40. The maximum Gasteiger partial charge on any atom is 0.190 e. The molecule has 0 amide bonds. The van der Waals surface area contributed by atoms with Crippen molar-refractivity contribution in [3.8, 4) is 5.75 Å². The van der Waals surface area contributed by atoms with Crippen molar-refractivity contribution >= 4 is 29.9 Å². The number of hydrogen-bond acceptors (Lipinski definition) is 3. The minimum absolute atomic E-state index is 0. The van der Waals surface area contributed by atoms with Gasteiger partial charge in [-0.25, -0.2) is 0 Å². The molecular weight excluding hydrogens is 451 g/mol. The number of nitrogens with one attached hydrogen (secondary N) is 2. The first kappa shape index (κ1) is 24.0. The zero-order valence-electron chi connectivity index (χ0n) is 17.4. The van der Waals surface area contributed by atoms with E-state index in [1.807, 2.05) is 7.05 Å². The lowest BCUT2D eigenvalue weighted by Gasteiger charge is -2.32. The molecule has 0 spiro atoms. The van der Waals surface area contributed by atoms with Crippen molar-refractivity contribution in [2.75, 3.05) is 46.9 Å². The molecule has 1 aliphatic heterocycles. The van der Waals surface area contributed by atoms with Gasteiger partial charge in [0.05, 0.1) is 7.11 Å². The van der Waals surface area contributed by atoms with Gasteiger partial charge in [-0.3, -0.25) is 4.99 Å². The summed E-state index contributed by atoms with van der Waals surface area (Å²) in [7, 11) is 3.57. The number of nitrogens with zero attached hydrogens (tertiary/aromatic N) is 2. The van der Waals surface area contributed by atoms with Crippen LogP contribution in [0.3, 0.4) is 0 Å². The van der Waals surface area contributed by atoms with Crippen molar-refractivity contribution in [3.63, 3.8) is 0 Å². The Hall–Kier alpha value is -1.02. The Balaban J connectivity index is 0.00000364. The largest absolute Gasteiger partial charge is 0.496 e. The van der Waals surface area contributed by atoms with E-state index in [9.17, 15) is 0 Å². The topological polar surface area (TPSA) is 48.9 Å². The predicted octanol–water partition coefficient (Wildman–Crippen LogP) is 3.45. The quantitative estimate of drug-likeness (QED) is 0.335. The normalized spacial score (nSPS) is 15.9. The average molecular weight is 488 g/mol. The van der Waals surface area contributed by atoms with Gasteiger partial charge < -0.3 is 20.3 Å².